The second kappa shape index (κ2) is 5.83. The molecule has 0 aliphatic heterocycles. The number of nitro benzene ring substituents is 1. The van der Waals surface area contributed by atoms with Crippen molar-refractivity contribution in [3.05, 3.63) is 28.3 Å². The first-order valence-corrected chi connectivity index (χ1v) is 7.24. The molecule has 6 nitrogen and oxygen atoms in total. The van der Waals surface area contributed by atoms with E-state index in [1.165, 1.54) is 0 Å². The molecule has 0 aromatic heterocycles. The Hall–Kier alpha value is -1.55. The Balaban J connectivity index is 3.04. The van der Waals surface area contributed by atoms with Gasteiger partial charge >= 0.3 is 6.18 Å². The van der Waals surface area contributed by atoms with Crippen LogP contribution in [0.25, 0.3) is 0 Å². The van der Waals surface area contributed by atoms with Crippen LogP contribution in [0.5, 0.6) is 5.75 Å². The SMILES string of the molecule is O=[N+]([O-])c1ccc(OCCC(F)(F)F)c(S(=O)(=O)Cl)c1. The van der Waals surface area contributed by atoms with Crippen molar-refractivity contribution < 1.29 is 31.2 Å². The van der Waals surface area contributed by atoms with Gasteiger partial charge in [0.2, 0.25) is 0 Å². The molecule has 0 amide bonds. The molecule has 0 aliphatic carbocycles. The van der Waals surface area contributed by atoms with E-state index in [4.69, 9.17) is 10.7 Å². The van der Waals surface area contributed by atoms with Crippen LogP contribution in [0.15, 0.2) is 23.1 Å². The van der Waals surface area contributed by atoms with Crippen molar-refractivity contribution in [2.24, 2.45) is 0 Å². The van der Waals surface area contributed by atoms with Crippen LogP contribution >= 0.6 is 10.7 Å². The lowest BCUT2D eigenvalue weighted by Crippen LogP contribution is -2.13. The van der Waals surface area contributed by atoms with Crippen LogP contribution in [0.2, 0.25) is 0 Å². The van der Waals surface area contributed by atoms with Crippen molar-refractivity contribution in [1.29, 1.82) is 0 Å². The van der Waals surface area contributed by atoms with E-state index >= 15 is 0 Å². The number of hydrogen-bond donors (Lipinski definition) is 0. The molecule has 0 bridgehead atoms. The van der Waals surface area contributed by atoms with E-state index in [0.29, 0.717) is 6.07 Å². The van der Waals surface area contributed by atoms with Gasteiger partial charge in [-0.15, -0.1) is 0 Å². The molecule has 1 aromatic rings. The summed E-state index contributed by atoms with van der Waals surface area (Å²) in [5, 5.41) is 10.5. The molecule has 0 fully saturated rings. The van der Waals surface area contributed by atoms with Gasteiger partial charge in [-0.05, 0) is 6.07 Å². The van der Waals surface area contributed by atoms with Gasteiger partial charge in [0.05, 0.1) is 18.0 Å². The maximum atomic E-state index is 11.9. The molecule has 0 heterocycles. The summed E-state index contributed by atoms with van der Waals surface area (Å²) >= 11 is 0. The molecule has 0 saturated heterocycles. The first-order chi connectivity index (χ1) is 9.00. The summed E-state index contributed by atoms with van der Waals surface area (Å²) in [5.41, 5.74) is -0.576. The van der Waals surface area contributed by atoms with Gasteiger partial charge in [0.1, 0.15) is 10.6 Å². The summed E-state index contributed by atoms with van der Waals surface area (Å²) < 4.78 is 63.0. The highest BCUT2D eigenvalue weighted by molar-refractivity contribution is 8.13. The van der Waals surface area contributed by atoms with E-state index in [-0.39, 0.29) is 0 Å². The van der Waals surface area contributed by atoms with Gasteiger partial charge in [0, 0.05) is 22.8 Å². The highest BCUT2D eigenvalue weighted by Gasteiger charge is 2.28. The Morgan fingerprint density at radius 3 is 2.40 bits per heavy atom. The van der Waals surface area contributed by atoms with E-state index in [1.54, 1.807) is 0 Å². The highest BCUT2D eigenvalue weighted by atomic mass is 35.7. The topological polar surface area (TPSA) is 86.5 Å². The van der Waals surface area contributed by atoms with Crippen molar-refractivity contribution in [3.8, 4) is 5.75 Å². The molecule has 1 aromatic carbocycles. The minimum absolute atomic E-state index is 0.477. The van der Waals surface area contributed by atoms with Crippen LogP contribution < -0.4 is 4.74 Å². The average Bonchev–Trinajstić information content (AvgIpc) is 2.25. The fraction of sp³-hybridized carbons (Fsp3) is 0.333. The van der Waals surface area contributed by atoms with E-state index in [0.717, 1.165) is 12.1 Å². The maximum absolute atomic E-state index is 11.9. The fourth-order valence-electron chi connectivity index (χ4n) is 1.20. The van der Waals surface area contributed by atoms with Gasteiger partial charge in [-0.2, -0.15) is 13.2 Å². The third kappa shape index (κ3) is 4.85. The van der Waals surface area contributed by atoms with Crippen LogP contribution in [-0.2, 0) is 9.05 Å². The number of rotatable bonds is 5. The Morgan fingerprint density at radius 1 is 1.35 bits per heavy atom. The quantitative estimate of drug-likeness (QED) is 0.470. The number of nitro groups is 1. The molecular weight excluding hydrogens is 327 g/mol. The summed E-state index contributed by atoms with van der Waals surface area (Å²) in [4.78, 5) is 8.89. The van der Waals surface area contributed by atoms with Gasteiger partial charge in [-0.1, -0.05) is 0 Å². The van der Waals surface area contributed by atoms with Gasteiger partial charge in [0.25, 0.3) is 14.7 Å². The van der Waals surface area contributed by atoms with E-state index in [9.17, 15) is 31.7 Å². The lowest BCUT2D eigenvalue weighted by Gasteiger charge is -2.10. The van der Waals surface area contributed by atoms with Crippen molar-refractivity contribution in [2.45, 2.75) is 17.5 Å². The number of ether oxygens (including phenoxy) is 1. The zero-order valence-corrected chi connectivity index (χ0v) is 11.1. The van der Waals surface area contributed by atoms with Gasteiger partial charge in [-0.3, -0.25) is 10.1 Å². The maximum Gasteiger partial charge on any atom is 0.392 e. The third-order valence-electron chi connectivity index (χ3n) is 2.04. The Morgan fingerprint density at radius 2 is 1.95 bits per heavy atom. The van der Waals surface area contributed by atoms with Crippen molar-refractivity contribution >= 4 is 25.4 Å². The van der Waals surface area contributed by atoms with Crippen LogP contribution in [0.4, 0.5) is 18.9 Å². The molecule has 0 aliphatic rings. The molecule has 0 unspecified atom stereocenters. The molecule has 112 valence electrons. The van der Waals surface area contributed by atoms with Gasteiger partial charge in [0.15, 0.2) is 0 Å². The van der Waals surface area contributed by atoms with Gasteiger partial charge in [-0.25, -0.2) is 8.42 Å². The predicted molar refractivity (Wildman–Crippen MR) is 62.3 cm³/mol. The molecule has 0 radical (unpaired) electrons. The lowest BCUT2D eigenvalue weighted by molar-refractivity contribution is -0.385. The van der Waals surface area contributed by atoms with E-state index in [1.807, 2.05) is 0 Å². The highest BCUT2D eigenvalue weighted by Crippen LogP contribution is 2.31. The molecule has 0 spiro atoms. The molecule has 0 saturated carbocycles. The van der Waals surface area contributed by atoms with Crippen LogP contribution in [0, 0.1) is 10.1 Å². The normalized spacial score (nSPS) is 12.2. The number of alkyl halides is 3. The third-order valence-corrected chi connectivity index (χ3v) is 3.39. The average molecular weight is 334 g/mol. The summed E-state index contributed by atoms with van der Waals surface area (Å²) in [6.07, 6.45) is -5.77. The Kier molecular flexibility index (Phi) is 4.81. The first kappa shape index (κ1) is 16.5. The second-order valence-electron chi connectivity index (χ2n) is 3.54. The summed E-state index contributed by atoms with van der Waals surface area (Å²) in [6.45, 7) is -0.833. The van der Waals surface area contributed by atoms with Crippen LogP contribution in [0.1, 0.15) is 6.42 Å². The number of non-ortho nitro benzene ring substituents is 1. The fourth-order valence-corrected chi connectivity index (χ4v) is 2.19. The van der Waals surface area contributed by atoms with Gasteiger partial charge < -0.3 is 4.74 Å². The molecule has 11 heteroatoms. The van der Waals surface area contributed by atoms with Crippen molar-refractivity contribution in [2.75, 3.05) is 6.61 Å². The number of benzene rings is 1. The minimum Gasteiger partial charge on any atom is -0.492 e. The summed E-state index contributed by atoms with van der Waals surface area (Å²) in [7, 11) is 0.663. The van der Waals surface area contributed by atoms with Crippen molar-refractivity contribution in [3.63, 3.8) is 0 Å². The minimum atomic E-state index is -4.47. The summed E-state index contributed by atoms with van der Waals surface area (Å²) in [5.74, 6) is -0.477. The first-order valence-electron chi connectivity index (χ1n) is 4.93. The lowest BCUT2D eigenvalue weighted by atomic mass is 10.3. The Labute approximate surface area is 115 Å². The zero-order chi connectivity index (χ0) is 15.6. The van der Waals surface area contributed by atoms with Crippen LogP contribution in [-0.4, -0.2) is 26.1 Å². The summed E-state index contributed by atoms with van der Waals surface area (Å²) in [6, 6.07) is 2.39. The Bertz CT molecular complexity index is 616. The zero-order valence-electron chi connectivity index (χ0n) is 9.55. The molecule has 0 atom stereocenters. The van der Waals surface area contributed by atoms with Crippen molar-refractivity contribution in [1.82, 2.24) is 0 Å². The van der Waals surface area contributed by atoms with E-state index in [2.05, 4.69) is 4.74 Å². The molecular formula is C9H7ClF3NO5S. The number of hydrogen-bond acceptors (Lipinski definition) is 5. The number of nitrogens with zero attached hydrogens (tertiary/aromatic N) is 1. The standard InChI is InChI=1S/C9H7ClF3NO5S/c10-20(17,18)8-5-6(14(15)16)1-2-7(8)19-4-3-9(11,12)13/h1-2,5H,3-4H2. The predicted octanol–water partition coefficient (Wildman–Crippen LogP) is 2.85. The molecule has 1 rings (SSSR count). The number of halogens is 4. The largest absolute Gasteiger partial charge is 0.492 e. The van der Waals surface area contributed by atoms with Crippen LogP contribution in [0.3, 0.4) is 0 Å². The smallest absolute Gasteiger partial charge is 0.392 e. The molecule has 20 heavy (non-hydrogen) atoms. The molecule has 0 N–H and O–H groups in total. The monoisotopic (exact) mass is 333 g/mol. The van der Waals surface area contributed by atoms with E-state index < -0.39 is 49.5 Å². The second-order valence-corrected chi connectivity index (χ2v) is 6.07.